The second-order valence-corrected chi connectivity index (χ2v) is 11.8. The smallest absolute Gasteiger partial charge is 0.387 e. The molecular formula is C33H33Cl2F3N6O3. The van der Waals surface area contributed by atoms with Gasteiger partial charge >= 0.3 is 6.61 Å². The van der Waals surface area contributed by atoms with Crippen LogP contribution in [-0.2, 0) is 17.9 Å². The predicted octanol–water partition coefficient (Wildman–Crippen LogP) is 6.44. The van der Waals surface area contributed by atoms with E-state index in [1.54, 1.807) is 49.4 Å². The molecule has 1 amide bonds. The molecule has 1 aliphatic heterocycles. The van der Waals surface area contributed by atoms with Gasteiger partial charge in [-0.05, 0) is 37.6 Å². The van der Waals surface area contributed by atoms with Crippen LogP contribution in [0.1, 0.15) is 30.9 Å². The molecule has 0 unspecified atom stereocenters. The fraction of sp³-hybridized carbons (Fsp3) is 0.303. The molecule has 0 spiro atoms. The summed E-state index contributed by atoms with van der Waals surface area (Å²) in [5.74, 6) is -0.642. The Morgan fingerprint density at radius 2 is 1.79 bits per heavy atom. The number of ether oxygens (including phenoxy) is 1. The number of aliphatic hydroxyl groups is 1. The van der Waals surface area contributed by atoms with Crippen LogP contribution in [0.2, 0.25) is 10.0 Å². The van der Waals surface area contributed by atoms with Crippen molar-refractivity contribution in [1.29, 1.82) is 0 Å². The first kappa shape index (κ1) is 34.4. The monoisotopic (exact) mass is 688 g/mol. The maximum absolute atomic E-state index is 15.3. The number of carbonyl (C=O) groups excluding carboxylic acids is 1. The average Bonchev–Trinajstić information content (AvgIpc) is 3.45. The van der Waals surface area contributed by atoms with Crippen LogP contribution in [0.4, 0.5) is 24.7 Å². The van der Waals surface area contributed by atoms with E-state index in [1.807, 2.05) is 0 Å². The number of aliphatic hydroxyl groups excluding tert-OH is 1. The van der Waals surface area contributed by atoms with E-state index in [9.17, 15) is 18.7 Å². The molecule has 5 N–H and O–H groups in total. The Balaban J connectivity index is 1.38. The van der Waals surface area contributed by atoms with Gasteiger partial charge in [0.15, 0.2) is 11.6 Å². The van der Waals surface area contributed by atoms with E-state index in [-0.39, 0.29) is 46.7 Å². The molecule has 2 atom stereocenters. The number of aromatic nitrogens is 2. The van der Waals surface area contributed by atoms with Gasteiger partial charge in [-0.1, -0.05) is 47.5 Å². The van der Waals surface area contributed by atoms with Gasteiger partial charge in [0.1, 0.15) is 5.75 Å². The van der Waals surface area contributed by atoms with E-state index >= 15 is 4.39 Å². The number of hydrogen-bond acceptors (Lipinski definition) is 8. The topological polar surface area (TPSA) is 120 Å². The molecule has 4 aromatic rings. The lowest BCUT2D eigenvalue weighted by molar-refractivity contribution is -0.119. The molecule has 2 aromatic carbocycles. The lowest BCUT2D eigenvalue weighted by atomic mass is 10.0. The molecule has 0 aliphatic carbocycles. The maximum atomic E-state index is 15.3. The minimum absolute atomic E-state index is 0.00629. The third-order valence-electron chi connectivity index (χ3n) is 7.50. The van der Waals surface area contributed by atoms with E-state index in [2.05, 4.69) is 31.2 Å². The van der Waals surface area contributed by atoms with Crippen molar-refractivity contribution >= 4 is 40.6 Å². The molecule has 1 aliphatic rings. The van der Waals surface area contributed by atoms with Gasteiger partial charge in [-0.3, -0.25) is 9.78 Å². The van der Waals surface area contributed by atoms with Crippen LogP contribution < -0.4 is 26.0 Å². The van der Waals surface area contributed by atoms with Crippen molar-refractivity contribution in [2.75, 3.05) is 18.4 Å². The Hall–Kier alpha value is -3.94. The van der Waals surface area contributed by atoms with Gasteiger partial charge in [0, 0.05) is 78.9 Å². The van der Waals surface area contributed by atoms with Crippen LogP contribution in [0.15, 0.2) is 60.9 Å². The number of pyridine rings is 2. The van der Waals surface area contributed by atoms with E-state index in [0.717, 1.165) is 0 Å². The van der Waals surface area contributed by atoms with Crippen LogP contribution in [0.3, 0.4) is 0 Å². The number of alkyl halides is 2. The van der Waals surface area contributed by atoms with Crippen LogP contribution in [0.25, 0.3) is 22.4 Å². The SMILES string of the molecule is C[C@H](O)CNCc1ccnc(Nc2cccc(-c3ccnc(-c4ccc(CNC[C@@H]5CCC(=O)N5)c(OC(F)F)c4)c3Cl)c2Cl)c1F. The number of halogens is 5. The minimum atomic E-state index is -3.05. The zero-order chi connectivity index (χ0) is 33.5. The van der Waals surface area contributed by atoms with E-state index in [4.69, 9.17) is 27.9 Å². The first-order valence-electron chi connectivity index (χ1n) is 14.9. The molecule has 0 bridgehead atoms. The minimum Gasteiger partial charge on any atom is -0.434 e. The molecule has 47 heavy (non-hydrogen) atoms. The largest absolute Gasteiger partial charge is 0.434 e. The van der Waals surface area contributed by atoms with Gasteiger partial charge < -0.3 is 31.1 Å². The summed E-state index contributed by atoms with van der Waals surface area (Å²) in [6.07, 6.45) is 3.59. The molecule has 14 heteroatoms. The Kier molecular flexibility index (Phi) is 11.5. The third-order valence-corrected chi connectivity index (χ3v) is 8.29. The zero-order valence-corrected chi connectivity index (χ0v) is 26.8. The summed E-state index contributed by atoms with van der Waals surface area (Å²) in [6.45, 7) is -0.201. The standard InChI is InChI=1S/C33H33Cl2F3N6O3/c1-18(45)14-39-16-21-9-11-42-32(30(21)36)44-25-4-2-3-23(28(25)34)24-10-12-41-31(29(24)35)19-5-6-20(26(13-19)47-33(37)38)15-40-17-22-7-8-27(46)43-22/h2-6,9-13,18,22,33,39-40,45H,7-8,14-17H2,1H3,(H,42,44)(H,43,46)/t18-,22-/m0/s1. The summed E-state index contributed by atoms with van der Waals surface area (Å²) in [4.78, 5) is 20.0. The van der Waals surface area contributed by atoms with Crippen molar-refractivity contribution in [1.82, 2.24) is 25.9 Å². The van der Waals surface area contributed by atoms with Crippen molar-refractivity contribution in [2.45, 2.75) is 51.6 Å². The highest BCUT2D eigenvalue weighted by atomic mass is 35.5. The molecule has 1 saturated heterocycles. The summed E-state index contributed by atoms with van der Waals surface area (Å²) in [7, 11) is 0. The molecule has 5 rings (SSSR count). The van der Waals surface area contributed by atoms with Gasteiger partial charge in [0.2, 0.25) is 5.91 Å². The van der Waals surface area contributed by atoms with E-state index in [0.29, 0.717) is 65.1 Å². The first-order valence-corrected chi connectivity index (χ1v) is 15.7. The zero-order valence-electron chi connectivity index (χ0n) is 25.3. The summed E-state index contributed by atoms with van der Waals surface area (Å²) in [6, 6.07) is 13.2. The summed E-state index contributed by atoms with van der Waals surface area (Å²) in [5, 5.41) is 21.9. The molecule has 2 aromatic heterocycles. The van der Waals surface area contributed by atoms with Crippen LogP contribution >= 0.6 is 23.2 Å². The second kappa shape index (κ2) is 15.8. The number of nitrogens with one attached hydrogen (secondary N) is 4. The van der Waals surface area contributed by atoms with Crippen molar-refractivity contribution in [3.8, 4) is 28.1 Å². The quantitative estimate of drug-likeness (QED) is 0.103. The maximum Gasteiger partial charge on any atom is 0.387 e. The normalized spacial score (nSPS) is 15.1. The van der Waals surface area contributed by atoms with Gasteiger partial charge in [0.05, 0.1) is 27.5 Å². The van der Waals surface area contributed by atoms with E-state index < -0.39 is 18.5 Å². The molecule has 0 saturated carbocycles. The number of amides is 1. The first-order chi connectivity index (χ1) is 22.6. The molecule has 248 valence electrons. The highest BCUT2D eigenvalue weighted by Gasteiger charge is 2.21. The average molecular weight is 690 g/mol. The van der Waals surface area contributed by atoms with Crippen LogP contribution in [0, 0.1) is 5.82 Å². The summed E-state index contributed by atoms with van der Waals surface area (Å²) < 4.78 is 46.9. The Bertz CT molecular complexity index is 1730. The highest BCUT2D eigenvalue weighted by Crippen LogP contribution is 2.42. The molecule has 1 fully saturated rings. The summed E-state index contributed by atoms with van der Waals surface area (Å²) in [5.41, 5.74) is 3.02. The molecule has 9 nitrogen and oxygen atoms in total. The van der Waals surface area contributed by atoms with Crippen molar-refractivity contribution < 1.29 is 27.8 Å². The highest BCUT2D eigenvalue weighted by molar-refractivity contribution is 6.39. The Labute approximate surface area is 279 Å². The number of benzene rings is 2. The lowest BCUT2D eigenvalue weighted by Crippen LogP contribution is -2.35. The third kappa shape index (κ3) is 8.70. The van der Waals surface area contributed by atoms with Crippen molar-refractivity contribution in [3.63, 3.8) is 0 Å². The number of rotatable bonds is 14. The second-order valence-electron chi connectivity index (χ2n) is 11.1. The van der Waals surface area contributed by atoms with Gasteiger partial charge in [-0.25, -0.2) is 9.37 Å². The fourth-order valence-electron chi connectivity index (χ4n) is 5.21. The Morgan fingerprint density at radius 1 is 1.02 bits per heavy atom. The van der Waals surface area contributed by atoms with Crippen molar-refractivity contribution in [2.24, 2.45) is 0 Å². The number of anilines is 2. The summed E-state index contributed by atoms with van der Waals surface area (Å²) >= 11 is 13.7. The van der Waals surface area contributed by atoms with Crippen molar-refractivity contribution in [3.05, 3.63) is 87.9 Å². The predicted molar refractivity (Wildman–Crippen MR) is 175 cm³/mol. The van der Waals surface area contributed by atoms with Gasteiger partial charge in [-0.15, -0.1) is 0 Å². The molecular weight excluding hydrogens is 656 g/mol. The molecule has 0 radical (unpaired) electrons. The Morgan fingerprint density at radius 3 is 2.53 bits per heavy atom. The van der Waals surface area contributed by atoms with Gasteiger partial charge in [0.25, 0.3) is 0 Å². The van der Waals surface area contributed by atoms with Gasteiger partial charge in [-0.2, -0.15) is 8.78 Å². The number of carbonyl (C=O) groups is 1. The van der Waals surface area contributed by atoms with E-state index in [1.165, 1.54) is 18.5 Å². The number of hydrogen-bond donors (Lipinski definition) is 5. The van der Waals surface area contributed by atoms with Crippen LogP contribution in [0.5, 0.6) is 5.75 Å². The lowest BCUT2D eigenvalue weighted by Gasteiger charge is -2.17. The number of nitrogens with zero attached hydrogens (tertiary/aromatic N) is 2. The molecule has 3 heterocycles. The fourth-order valence-corrected chi connectivity index (χ4v) is 5.80. The van der Waals surface area contributed by atoms with Crippen LogP contribution in [-0.4, -0.2) is 52.8 Å².